The zero-order valence-electron chi connectivity index (χ0n) is 11.5. The highest BCUT2D eigenvalue weighted by molar-refractivity contribution is 7.88. The van der Waals surface area contributed by atoms with E-state index in [0.717, 1.165) is 0 Å². The van der Waals surface area contributed by atoms with E-state index in [4.69, 9.17) is 9.52 Å². The first-order chi connectivity index (χ1) is 9.27. The third-order valence-corrected chi connectivity index (χ3v) is 4.68. The molecule has 0 aliphatic carbocycles. The molecule has 1 aromatic heterocycles. The molecule has 2 rings (SSSR count). The van der Waals surface area contributed by atoms with Crippen LogP contribution < -0.4 is 0 Å². The van der Waals surface area contributed by atoms with Crippen LogP contribution in [0.25, 0.3) is 0 Å². The van der Waals surface area contributed by atoms with Gasteiger partial charge in [0.25, 0.3) is 0 Å². The van der Waals surface area contributed by atoms with Crippen molar-refractivity contribution < 1.29 is 22.7 Å². The molecule has 0 radical (unpaired) electrons. The van der Waals surface area contributed by atoms with Crippen LogP contribution in [-0.2, 0) is 16.6 Å². The number of hydrogen-bond acceptors (Lipinski definition) is 5. The van der Waals surface area contributed by atoms with Crippen LogP contribution in [-0.4, -0.2) is 61.1 Å². The van der Waals surface area contributed by atoms with E-state index >= 15 is 0 Å². The second-order valence-corrected chi connectivity index (χ2v) is 6.91. The van der Waals surface area contributed by atoms with Crippen LogP contribution in [0.15, 0.2) is 10.5 Å². The van der Waals surface area contributed by atoms with E-state index in [1.807, 2.05) is 4.90 Å². The van der Waals surface area contributed by atoms with Crippen molar-refractivity contribution in [3.8, 4) is 0 Å². The van der Waals surface area contributed by atoms with E-state index in [2.05, 4.69) is 0 Å². The fourth-order valence-corrected chi connectivity index (χ4v) is 3.10. The summed E-state index contributed by atoms with van der Waals surface area (Å²) in [5.41, 5.74) is 0.176. The lowest BCUT2D eigenvalue weighted by Gasteiger charge is -2.32. The molecule has 7 nitrogen and oxygen atoms in total. The van der Waals surface area contributed by atoms with Crippen molar-refractivity contribution in [1.29, 1.82) is 0 Å². The third-order valence-electron chi connectivity index (χ3n) is 3.38. The molecule has 1 saturated heterocycles. The number of nitrogens with zero attached hydrogens (tertiary/aromatic N) is 2. The first kappa shape index (κ1) is 15.0. The lowest BCUT2D eigenvalue weighted by atomic mass is 10.2. The Bertz CT molecular complexity index is 599. The van der Waals surface area contributed by atoms with Gasteiger partial charge in [0.15, 0.2) is 0 Å². The lowest BCUT2D eigenvalue weighted by molar-refractivity contribution is 0.0695. The van der Waals surface area contributed by atoms with Crippen molar-refractivity contribution >= 4 is 16.0 Å². The van der Waals surface area contributed by atoms with Crippen LogP contribution in [0, 0.1) is 6.92 Å². The molecule has 1 fully saturated rings. The van der Waals surface area contributed by atoms with Gasteiger partial charge >= 0.3 is 5.97 Å². The van der Waals surface area contributed by atoms with Crippen molar-refractivity contribution in [2.45, 2.75) is 13.5 Å². The minimum Gasteiger partial charge on any atom is -0.478 e. The second kappa shape index (κ2) is 5.55. The Labute approximate surface area is 117 Å². The van der Waals surface area contributed by atoms with Crippen LogP contribution >= 0.6 is 0 Å². The van der Waals surface area contributed by atoms with Crippen molar-refractivity contribution in [1.82, 2.24) is 9.21 Å². The number of furan rings is 1. The van der Waals surface area contributed by atoms with Gasteiger partial charge in [0.2, 0.25) is 10.0 Å². The zero-order chi connectivity index (χ0) is 14.9. The number of hydrogen-bond donors (Lipinski definition) is 1. The van der Waals surface area contributed by atoms with E-state index in [9.17, 15) is 13.2 Å². The van der Waals surface area contributed by atoms with Gasteiger partial charge in [0, 0.05) is 26.2 Å². The van der Waals surface area contributed by atoms with E-state index in [0.29, 0.717) is 44.2 Å². The van der Waals surface area contributed by atoms with Gasteiger partial charge in [-0.05, 0) is 13.0 Å². The molecule has 0 unspecified atom stereocenters. The number of piperazine rings is 1. The number of aryl methyl sites for hydroxylation is 1. The summed E-state index contributed by atoms with van der Waals surface area (Å²) in [5, 5.41) is 8.96. The minimum absolute atomic E-state index is 0.176. The molecule has 8 heteroatoms. The number of carboxylic acid groups (broad SMARTS) is 1. The molecule has 1 N–H and O–H groups in total. The Morgan fingerprint density at radius 1 is 1.35 bits per heavy atom. The molecular formula is C12H18N2O5S. The number of sulfonamides is 1. The van der Waals surface area contributed by atoms with E-state index < -0.39 is 16.0 Å². The maximum Gasteiger partial charge on any atom is 0.339 e. The average Bonchev–Trinajstić information content (AvgIpc) is 2.70. The molecule has 2 heterocycles. The molecule has 0 amide bonds. The Kier molecular flexibility index (Phi) is 4.17. The van der Waals surface area contributed by atoms with Crippen molar-refractivity contribution in [3.05, 3.63) is 23.2 Å². The summed E-state index contributed by atoms with van der Waals surface area (Å²) in [4.78, 5) is 13.0. The summed E-state index contributed by atoms with van der Waals surface area (Å²) in [6.07, 6.45) is 1.21. The minimum atomic E-state index is -3.13. The quantitative estimate of drug-likeness (QED) is 0.863. The van der Waals surface area contributed by atoms with E-state index in [-0.39, 0.29) is 5.56 Å². The Morgan fingerprint density at radius 2 is 1.95 bits per heavy atom. The molecule has 112 valence electrons. The standard InChI is InChI=1S/C12H18N2O5S/c1-9-11(12(15)16)7-10(19-9)8-13-3-5-14(6-4-13)20(2,17)18/h7H,3-6,8H2,1-2H3,(H,15,16). The fraction of sp³-hybridized carbons (Fsp3) is 0.583. The van der Waals surface area contributed by atoms with Gasteiger partial charge in [0.05, 0.1) is 12.8 Å². The highest BCUT2D eigenvalue weighted by atomic mass is 32.2. The van der Waals surface area contributed by atoms with E-state index in [1.165, 1.54) is 16.6 Å². The molecule has 1 aromatic rings. The number of carboxylic acids is 1. The predicted octanol–water partition coefficient (Wildman–Crippen LogP) is 0.363. The van der Waals surface area contributed by atoms with E-state index in [1.54, 1.807) is 6.92 Å². The summed E-state index contributed by atoms with van der Waals surface area (Å²) < 4.78 is 29.7. The highest BCUT2D eigenvalue weighted by Gasteiger charge is 2.24. The van der Waals surface area contributed by atoms with Crippen molar-refractivity contribution in [2.75, 3.05) is 32.4 Å². The molecule has 20 heavy (non-hydrogen) atoms. The first-order valence-electron chi connectivity index (χ1n) is 6.27. The number of rotatable bonds is 4. The molecule has 0 aromatic carbocycles. The number of aromatic carboxylic acids is 1. The summed E-state index contributed by atoms with van der Waals surface area (Å²) in [6, 6.07) is 1.53. The number of carbonyl (C=O) groups is 1. The monoisotopic (exact) mass is 302 g/mol. The second-order valence-electron chi connectivity index (χ2n) is 4.93. The van der Waals surface area contributed by atoms with Gasteiger partial charge in [-0.2, -0.15) is 4.31 Å². The van der Waals surface area contributed by atoms with Gasteiger partial charge in [-0.25, -0.2) is 13.2 Å². The Morgan fingerprint density at radius 3 is 2.40 bits per heavy atom. The molecule has 0 saturated carbocycles. The summed E-state index contributed by atoms with van der Waals surface area (Å²) >= 11 is 0. The SMILES string of the molecule is Cc1oc(CN2CCN(S(C)(=O)=O)CC2)cc1C(=O)O. The summed E-state index contributed by atoms with van der Waals surface area (Å²) in [5.74, 6) is -0.0191. The molecule has 1 aliphatic heterocycles. The molecular weight excluding hydrogens is 284 g/mol. The van der Waals surface area contributed by atoms with Crippen molar-refractivity contribution in [3.63, 3.8) is 0 Å². The maximum absolute atomic E-state index is 11.4. The summed E-state index contributed by atoms with van der Waals surface area (Å²) in [6.45, 7) is 4.22. The highest BCUT2D eigenvalue weighted by Crippen LogP contribution is 2.17. The molecule has 0 spiro atoms. The smallest absolute Gasteiger partial charge is 0.339 e. The van der Waals surface area contributed by atoms with Crippen LogP contribution in [0.3, 0.4) is 0 Å². The maximum atomic E-state index is 11.4. The van der Waals surface area contributed by atoms with Gasteiger partial charge in [-0.1, -0.05) is 0 Å². The molecule has 0 atom stereocenters. The van der Waals surface area contributed by atoms with Gasteiger partial charge in [-0.3, -0.25) is 4.90 Å². The lowest BCUT2D eigenvalue weighted by Crippen LogP contribution is -2.47. The van der Waals surface area contributed by atoms with Crippen molar-refractivity contribution in [2.24, 2.45) is 0 Å². The third kappa shape index (κ3) is 3.38. The Hall–Kier alpha value is -1.38. The average molecular weight is 302 g/mol. The van der Waals surface area contributed by atoms with Crippen LogP contribution in [0.1, 0.15) is 21.9 Å². The molecule has 1 aliphatic rings. The van der Waals surface area contributed by atoms with Gasteiger partial charge in [0.1, 0.15) is 17.1 Å². The zero-order valence-corrected chi connectivity index (χ0v) is 12.3. The van der Waals surface area contributed by atoms with Crippen LogP contribution in [0.2, 0.25) is 0 Å². The first-order valence-corrected chi connectivity index (χ1v) is 8.12. The largest absolute Gasteiger partial charge is 0.478 e. The van der Waals surface area contributed by atoms with Gasteiger partial charge in [-0.15, -0.1) is 0 Å². The molecule has 0 bridgehead atoms. The van der Waals surface area contributed by atoms with Crippen LogP contribution in [0.4, 0.5) is 0 Å². The topological polar surface area (TPSA) is 91.1 Å². The normalized spacial score (nSPS) is 18.3. The Balaban J connectivity index is 1.96. The fourth-order valence-electron chi connectivity index (χ4n) is 2.27. The van der Waals surface area contributed by atoms with Gasteiger partial charge < -0.3 is 9.52 Å². The summed E-state index contributed by atoms with van der Waals surface area (Å²) in [7, 11) is -3.13. The van der Waals surface area contributed by atoms with Crippen LogP contribution in [0.5, 0.6) is 0 Å². The predicted molar refractivity (Wildman–Crippen MR) is 72.1 cm³/mol.